The van der Waals surface area contributed by atoms with Gasteiger partial charge in [0.25, 0.3) is 0 Å². The van der Waals surface area contributed by atoms with Crippen molar-refractivity contribution in [1.29, 1.82) is 0 Å². The molecule has 0 amide bonds. The lowest BCUT2D eigenvalue weighted by Gasteiger charge is -2.42. The van der Waals surface area contributed by atoms with E-state index in [1.807, 2.05) is 11.8 Å². The molecule has 8 nitrogen and oxygen atoms in total. The molecule has 0 saturated heterocycles. The molecular weight excluding hydrogens is 321 g/mol. The molecule has 24 heavy (non-hydrogen) atoms. The van der Waals surface area contributed by atoms with Crippen LogP contribution in [0.4, 0.5) is 15.8 Å². The average Bonchev–Trinajstić information content (AvgIpc) is 2.47. The van der Waals surface area contributed by atoms with Crippen LogP contribution in [0, 0.1) is 15.9 Å². The average molecular weight is 341 g/mol. The highest BCUT2D eigenvalue weighted by molar-refractivity contribution is 5.69. The zero-order chi connectivity index (χ0) is 17.9. The predicted molar refractivity (Wildman–Crippen MR) is 84.9 cm³/mol. The second kappa shape index (κ2) is 7.43. The Kier molecular flexibility index (Phi) is 5.55. The van der Waals surface area contributed by atoms with Crippen LogP contribution in [0.25, 0.3) is 0 Å². The summed E-state index contributed by atoms with van der Waals surface area (Å²) in [6, 6.07) is 2.38. The van der Waals surface area contributed by atoms with Gasteiger partial charge in [0, 0.05) is 24.2 Å². The molecule has 1 aliphatic rings. The van der Waals surface area contributed by atoms with Gasteiger partial charge in [0.15, 0.2) is 0 Å². The number of carbonyl (C=O) groups is 1. The molecule has 132 valence electrons. The van der Waals surface area contributed by atoms with E-state index in [1.54, 1.807) is 0 Å². The number of ether oxygens (including phenoxy) is 1. The van der Waals surface area contributed by atoms with Gasteiger partial charge in [-0.05, 0) is 19.4 Å². The van der Waals surface area contributed by atoms with E-state index in [-0.39, 0.29) is 30.1 Å². The number of rotatable bonds is 8. The van der Waals surface area contributed by atoms with Crippen LogP contribution in [0.5, 0.6) is 5.75 Å². The largest absolute Gasteiger partial charge is 0.497 e. The quantitative estimate of drug-likeness (QED) is 0.551. The molecule has 1 aliphatic carbocycles. The molecule has 9 heteroatoms. The summed E-state index contributed by atoms with van der Waals surface area (Å²) in [7, 11) is 1.36. The second-order valence-electron chi connectivity index (χ2n) is 5.69. The van der Waals surface area contributed by atoms with E-state index in [0.717, 1.165) is 6.07 Å². The maximum absolute atomic E-state index is 13.9. The van der Waals surface area contributed by atoms with Crippen molar-refractivity contribution >= 4 is 17.3 Å². The Balaban J connectivity index is 2.06. The van der Waals surface area contributed by atoms with Crippen molar-refractivity contribution in [2.75, 3.05) is 25.5 Å². The number of carboxylic acids is 1. The predicted octanol–water partition coefficient (Wildman–Crippen LogP) is 2.09. The van der Waals surface area contributed by atoms with Gasteiger partial charge < -0.3 is 15.2 Å². The highest BCUT2D eigenvalue weighted by atomic mass is 19.1. The van der Waals surface area contributed by atoms with Crippen molar-refractivity contribution in [1.82, 2.24) is 4.90 Å². The van der Waals surface area contributed by atoms with E-state index >= 15 is 0 Å². The topological polar surface area (TPSA) is 105 Å². The van der Waals surface area contributed by atoms with Crippen LogP contribution >= 0.6 is 0 Å². The summed E-state index contributed by atoms with van der Waals surface area (Å²) < 4.78 is 18.8. The molecule has 0 atom stereocenters. The van der Waals surface area contributed by atoms with E-state index < -0.39 is 22.4 Å². The molecule has 0 bridgehead atoms. The summed E-state index contributed by atoms with van der Waals surface area (Å²) >= 11 is 0. The third-order valence-corrected chi connectivity index (χ3v) is 4.19. The van der Waals surface area contributed by atoms with Crippen molar-refractivity contribution in [3.8, 4) is 5.75 Å². The lowest BCUT2D eigenvalue weighted by atomic mass is 9.85. The summed E-state index contributed by atoms with van der Waals surface area (Å²) in [4.78, 5) is 23.0. The molecule has 0 spiro atoms. The highest BCUT2D eigenvalue weighted by Crippen LogP contribution is 2.36. The van der Waals surface area contributed by atoms with Crippen molar-refractivity contribution in [2.24, 2.45) is 0 Å². The number of halogens is 1. The van der Waals surface area contributed by atoms with Gasteiger partial charge in [-0.15, -0.1) is 0 Å². The van der Waals surface area contributed by atoms with Crippen LogP contribution in [-0.2, 0) is 4.79 Å². The van der Waals surface area contributed by atoms with Crippen LogP contribution in [0.2, 0.25) is 0 Å². The van der Waals surface area contributed by atoms with Crippen LogP contribution in [0.3, 0.4) is 0 Å². The zero-order valence-corrected chi connectivity index (χ0v) is 13.5. The van der Waals surface area contributed by atoms with E-state index in [4.69, 9.17) is 9.84 Å². The van der Waals surface area contributed by atoms with E-state index in [0.29, 0.717) is 19.4 Å². The van der Waals surface area contributed by atoms with Gasteiger partial charge in [-0.3, -0.25) is 19.8 Å². The Morgan fingerprint density at radius 2 is 2.21 bits per heavy atom. The van der Waals surface area contributed by atoms with Crippen molar-refractivity contribution in [2.45, 2.75) is 31.8 Å². The Labute approximate surface area is 138 Å². The van der Waals surface area contributed by atoms with E-state index in [1.165, 1.54) is 13.2 Å². The molecule has 0 heterocycles. The lowest BCUT2D eigenvalue weighted by molar-refractivity contribution is -0.386. The van der Waals surface area contributed by atoms with Gasteiger partial charge in [-0.25, -0.2) is 0 Å². The minimum absolute atomic E-state index is 0.0399. The number of benzene rings is 1. The smallest absolute Gasteiger partial charge is 0.327 e. The fraction of sp³-hybridized carbons (Fsp3) is 0.533. The highest BCUT2D eigenvalue weighted by Gasteiger charge is 2.35. The minimum atomic E-state index is -0.959. The number of hydrogen-bond donors (Lipinski definition) is 2. The second-order valence-corrected chi connectivity index (χ2v) is 5.69. The summed E-state index contributed by atoms with van der Waals surface area (Å²) in [5.41, 5.74) is -0.543. The van der Waals surface area contributed by atoms with Crippen LogP contribution in [0.15, 0.2) is 12.1 Å². The van der Waals surface area contributed by atoms with Gasteiger partial charge >= 0.3 is 11.7 Å². The molecule has 0 aliphatic heterocycles. The number of nitro groups is 1. The molecule has 1 saturated carbocycles. The number of nitrogens with one attached hydrogen (secondary N) is 1. The lowest BCUT2D eigenvalue weighted by Crippen LogP contribution is -2.51. The van der Waals surface area contributed by atoms with Gasteiger partial charge in [0.2, 0.25) is 5.82 Å². The SMILES string of the molecule is CCN(CC(=O)O)C1CC(Nc2cc(OC)cc(F)c2[N+](=O)[O-])C1. The maximum Gasteiger partial charge on any atom is 0.327 e. The first-order valence-electron chi connectivity index (χ1n) is 7.60. The summed E-state index contributed by atoms with van der Waals surface area (Å²) in [5.74, 6) is -1.66. The van der Waals surface area contributed by atoms with E-state index in [9.17, 15) is 19.3 Å². The van der Waals surface area contributed by atoms with E-state index in [2.05, 4.69) is 5.32 Å². The molecule has 0 radical (unpaired) electrons. The number of nitrogens with zero attached hydrogens (tertiary/aromatic N) is 2. The number of carboxylic acid groups (broad SMARTS) is 1. The number of methoxy groups -OCH3 is 1. The van der Waals surface area contributed by atoms with Crippen LogP contribution in [-0.4, -0.2) is 53.2 Å². The molecular formula is C15H20FN3O5. The van der Waals surface area contributed by atoms with Crippen molar-refractivity contribution < 1.29 is 24.0 Å². The molecule has 2 rings (SSSR count). The Hall–Kier alpha value is -2.42. The number of likely N-dealkylation sites (N-methyl/N-ethyl adjacent to an activating group) is 1. The number of aliphatic carboxylic acids is 1. The standard InChI is InChI=1S/C15H20FN3O5/c1-3-18(8-14(20)21)10-4-9(5-10)17-13-7-11(24-2)6-12(16)15(13)19(22)23/h6-7,9-10,17H,3-5,8H2,1-2H3,(H,20,21). The Morgan fingerprint density at radius 1 is 1.54 bits per heavy atom. The zero-order valence-electron chi connectivity index (χ0n) is 13.5. The molecule has 0 unspecified atom stereocenters. The third kappa shape index (κ3) is 3.91. The van der Waals surface area contributed by atoms with Gasteiger partial charge in [0.05, 0.1) is 18.6 Å². The van der Waals surface area contributed by atoms with Crippen LogP contribution in [0.1, 0.15) is 19.8 Å². The van der Waals surface area contributed by atoms with Gasteiger partial charge in [0.1, 0.15) is 11.4 Å². The molecule has 1 fully saturated rings. The summed E-state index contributed by atoms with van der Waals surface area (Å²) in [5, 5.41) is 22.9. The number of nitro benzene ring substituents is 1. The first-order chi connectivity index (χ1) is 11.3. The van der Waals surface area contributed by atoms with Gasteiger partial charge in [-0.2, -0.15) is 4.39 Å². The fourth-order valence-corrected chi connectivity index (χ4v) is 2.88. The van der Waals surface area contributed by atoms with Gasteiger partial charge in [-0.1, -0.05) is 6.92 Å². The minimum Gasteiger partial charge on any atom is -0.497 e. The molecule has 1 aromatic carbocycles. The fourth-order valence-electron chi connectivity index (χ4n) is 2.88. The summed E-state index contributed by atoms with van der Waals surface area (Å²) in [6.45, 7) is 2.45. The first kappa shape index (κ1) is 17.9. The normalized spacial score (nSPS) is 19.7. The van der Waals surface area contributed by atoms with Crippen LogP contribution < -0.4 is 10.1 Å². The number of anilines is 1. The Morgan fingerprint density at radius 3 is 2.71 bits per heavy atom. The Bertz CT molecular complexity index is 634. The molecule has 0 aromatic heterocycles. The molecule has 1 aromatic rings. The van der Waals surface area contributed by atoms with Crippen molar-refractivity contribution in [3.63, 3.8) is 0 Å². The first-order valence-corrected chi connectivity index (χ1v) is 7.60. The monoisotopic (exact) mass is 341 g/mol. The maximum atomic E-state index is 13.9. The number of hydrogen-bond acceptors (Lipinski definition) is 6. The third-order valence-electron chi connectivity index (χ3n) is 4.19. The van der Waals surface area contributed by atoms with Crippen molar-refractivity contribution in [3.05, 3.63) is 28.1 Å². The summed E-state index contributed by atoms with van der Waals surface area (Å²) in [6.07, 6.45) is 1.27. The molecule has 2 N–H and O–H groups in total.